The second-order valence-electron chi connectivity index (χ2n) is 3.77. The largest absolute Gasteiger partial charge is 0.324 e. The molecule has 4 heteroatoms. The van der Waals surface area contributed by atoms with Crippen molar-refractivity contribution in [1.82, 2.24) is 10.3 Å². The van der Waals surface area contributed by atoms with Gasteiger partial charge >= 0.3 is 0 Å². The highest BCUT2D eigenvalue weighted by Crippen LogP contribution is 2.13. The Kier molecular flexibility index (Phi) is 3.29. The Bertz CT molecular complexity index is 320. The number of aromatic nitrogens is 1. The lowest BCUT2D eigenvalue weighted by Crippen LogP contribution is -2.37. The van der Waals surface area contributed by atoms with E-state index in [0.29, 0.717) is 0 Å². The Morgan fingerprint density at radius 3 is 3.20 bits per heavy atom. The first kappa shape index (κ1) is 10.1. The number of nitrogens with one attached hydrogen (secondary N) is 2. The van der Waals surface area contributed by atoms with Gasteiger partial charge in [0, 0.05) is 12.7 Å². The van der Waals surface area contributed by atoms with Crippen LogP contribution in [0.15, 0.2) is 24.5 Å². The van der Waals surface area contributed by atoms with E-state index >= 15 is 0 Å². The maximum atomic E-state index is 11.8. The molecule has 1 aromatic rings. The van der Waals surface area contributed by atoms with Crippen molar-refractivity contribution in [3.63, 3.8) is 0 Å². The number of anilines is 1. The van der Waals surface area contributed by atoms with Gasteiger partial charge in [-0.3, -0.25) is 9.78 Å². The Balaban J connectivity index is 1.91. The van der Waals surface area contributed by atoms with E-state index in [-0.39, 0.29) is 11.8 Å². The number of carbonyl (C=O) groups is 1. The van der Waals surface area contributed by atoms with Gasteiger partial charge in [-0.25, -0.2) is 0 Å². The molecule has 0 aromatic carbocycles. The summed E-state index contributed by atoms with van der Waals surface area (Å²) >= 11 is 0. The average molecular weight is 205 g/mol. The van der Waals surface area contributed by atoms with Crippen molar-refractivity contribution in [2.45, 2.75) is 12.8 Å². The van der Waals surface area contributed by atoms with Crippen LogP contribution in [0.25, 0.3) is 0 Å². The monoisotopic (exact) mass is 205 g/mol. The van der Waals surface area contributed by atoms with Crippen molar-refractivity contribution in [3.05, 3.63) is 24.5 Å². The van der Waals surface area contributed by atoms with Gasteiger partial charge in [-0.1, -0.05) is 0 Å². The Labute approximate surface area is 89.1 Å². The number of pyridine rings is 1. The number of hydrogen-bond donors (Lipinski definition) is 2. The molecular weight excluding hydrogens is 190 g/mol. The quantitative estimate of drug-likeness (QED) is 0.758. The third kappa shape index (κ3) is 2.76. The standard InChI is InChI=1S/C11H15N3O/c15-11(9-3-1-5-12-7-9)14-10-4-2-6-13-8-10/h2,4,6,8-9,12H,1,3,5,7H2,(H,14,15). The summed E-state index contributed by atoms with van der Waals surface area (Å²) in [6, 6.07) is 3.66. The zero-order chi connectivity index (χ0) is 10.5. The van der Waals surface area contributed by atoms with Crippen LogP contribution in [-0.4, -0.2) is 24.0 Å². The molecule has 2 N–H and O–H groups in total. The molecule has 1 atom stereocenters. The maximum absolute atomic E-state index is 11.8. The molecule has 0 aliphatic carbocycles. The summed E-state index contributed by atoms with van der Waals surface area (Å²) in [4.78, 5) is 15.7. The highest BCUT2D eigenvalue weighted by Gasteiger charge is 2.20. The number of nitrogens with zero attached hydrogens (tertiary/aromatic N) is 1. The second-order valence-corrected chi connectivity index (χ2v) is 3.77. The van der Waals surface area contributed by atoms with E-state index < -0.39 is 0 Å². The lowest BCUT2D eigenvalue weighted by atomic mass is 9.99. The first-order valence-corrected chi connectivity index (χ1v) is 5.28. The molecule has 2 rings (SSSR count). The van der Waals surface area contributed by atoms with E-state index in [0.717, 1.165) is 31.6 Å². The van der Waals surface area contributed by atoms with Gasteiger partial charge in [0.25, 0.3) is 0 Å². The molecule has 1 unspecified atom stereocenters. The van der Waals surface area contributed by atoms with Crippen LogP contribution >= 0.6 is 0 Å². The maximum Gasteiger partial charge on any atom is 0.228 e. The van der Waals surface area contributed by atoms with Crippen molar-refractivity contribution in [3.8, 4) is 0 Å². The molecule has 1 amide bonds. The van der Waals surface area contributed by atoms with Crippen LogP contribution in [0.4, 0.5) is 5.69 Å². The minimum absolute atomic E-state index is 0.0928. The summed E-state index contributed by atoms with van der Waals surface area (Å²) in [5.41, 5.74) is 0.771. The number of piperidine rings is 1. The molecule has 1 aromatic heterocycles. The first-order chi connectivity index (χ1) is 7.36. The molecule has 2 heterocycles. The van der Waals surface area contributed by atoms with Gasteiger partial charge in [0.2, 0.25) is 5.91 Å². The van der Waals surface area contributed by atoms with E-state index in [2.05, 4.69) is 15.6 Å². The molecule has 1 fully saturated rings. The fourth-order valence-electron chi connectivity index (χ4n) is 1.76. The molecule has 4 nitrogen and oxygen atoms in total. The second kappa shape index (κ2) is 4.89. The van der Waals surface area contributed by atoms with Crippen molar-refractivity contribution in [1.29, 1.82) is 0 Å². The molecule has 1 saturated heterocycles. The highest BCUT2D eigenvalue weighted by atomic mass is 16.1. The van der Waals surface area contributed by atoms with E-state index in [9.17, 15) is 4.79 Å². The molecule has 1 aliphatic rings. The zero-order valence-corrected chi connectivity index (χ0v) is 8.57. The van der Waals surface area contributed by atoms with Crippen LogP contribution < -0.4 is 10.6 Å². The molecular formula is C11H15N3O. The van der Waals surface area contributed by atoms with Crippen molar-refractivity contribution >= 4 is 11.6 Å². The van der Waals surface area contributed by atoms with Crippen LogP contribution in [0.3, 0.4) is 0 Å². The van der Waals surface area contributed by atoms with Gasteiger partial charge in [0.05, 0.1) is 17.8 Å². The number of amides is 1. The van der Waals surface area contributed by atoms with Gasteiger partial charge in [0.1, 0.15) is 0 Å². The Morgan fingerprint density at radius 2 is 2.53 bits per heavy atom. The summed E-state index contributed by atoms with van der Waals surface area (Å²) in [5, 5.41) is 6.10. The molecule has 80 valence electrons. The minimum atomic E-state index is 0.0928. The molecule has 0 spiro atoms. The smallest absolute Gasteiger partial charge is 0.228 e. The summed E-state index contributed by atoms with van der Waals surface area (Å²) in [7, 11) is 0. The molecule has 0 radical (unpaired) electrons. The van der Waals surface area contributed by atoms with E-state index in [4.69, 9.17) is 0 Å². The van der Waals surface area contributed by atoms with Crippen LogP contribution in [0.2, 0.25) is 0 Å². The van der Waals surface area contributed by atoms with Crippen LogP contribution in [0.5, 0.6) is 0 Å². The number of rotatable bonds is 2. The summed E-state index contributed by atoms with van der Waals surface area (Å²) in [5.74, 6) is 0.189. The topological polar surface area (TPSA) is 54.0 Å². The van der Waals surface area contributed by atoms with Gasteiger partial charge in [-0.05, 0) is 31.5 Å². The molecule has 1 aliphatic heterocycles. The SMILES string of the molecule is O=C(Nc1cccnc1)C1CCCNC1. The first-order valence-electron chi connectivity index (χ1n) is 5.28. The van der Waals surface area contributed by atoms with Gasteiger partial charge in [-0.15, -0.1) is 0 Å². The van der Waals surface area contributed by atoms with Gasteiger partial charge in [-0.2, -0.15) is 0 Å². The van der Waals surface area contributed by atoms with Crippen LogP contribution in [0, 0.1) is 5.92 Å². The van der Waals surface area contributed by atoms with E-state index in [1.54, 1.807) is 12.4 Å². The highest BCUT2D eigenvalue weighted by molar-refractivity contribution is 5.92. The third-order valence-electron chi connectivity index (χ3n) is 2.60. The van der Waals surface area contributed by atoms with Crippen molar-refractivity contribution < 1.29 is 4.79 Å². The minimum Gasteiger partial charge on any atom is -0.324 e. The number of hydrogen-bond acceptors (Lipinski definition) is 3. The lowest BCUT2D eigenvalue weighted by molar-refractivity contribution is -0.120. The molecule has 0 saturated carbocycles. The van der Waals surface area contributed by atoms with Crippen molar-refractivity contribution in [2.24, 2.45) is 5.92 Å². The van der Waals surface area contributed by atoms with Crippen LogP contribution in [-0.2, 0) is 4.79 Å². The van der Waals surface area contributed by atoms with Crippen LogP contribution in [0.1, 0.15) is 12.8 Å². The molecule has 15 heavy (non-hydrogen) atoms. The van der Waals surface area contributed by atoms with E-state index in [1.807, 2.05) is 12.1 Å². The third-order valence-corrected chi connectivity index (χ3v) is 2.60. The summed E-state index contributed by atoms with van der Waals surface area (Å²) in [6.07, 6.45) is 5.40. The fourth-order valence-corrected chi connectivity index (χ4v) is 1.76. The normalized spacial score (nSPS) is 20.9. The number of carbonyl (C=O) groups excluding carboxylic acids is 1. The van der Waals surface area contributed by atoms with Gasteiger partial charge in [0.15, 0.2) is 0 Å². The average Bonchev–Trinajstić information content (AvgIpc) is 2.31. The predicted molar refractivity (Wildman–Crippen MR) is 58.5 cm³/mol. The predicted octanol–water partition coefficient (Wildman–Crippen LogP) is 1.02. The fraction of sp³-hybridized carbons (Fsp3) is 0.455. The summed E-state index contributed by atoms with van der Waals surface area (Å²) in [6.45, 7) is 1.81. The van der Waals surface area contributed by atoms with E-state index in [1.165, 1.54) is 0 Å². The molecule has 0 bridgehead atoms. The Morgan fingerprint density at radius 1 is 1.60 bits per heavy atom. The lowest BCUT2D eigenvalue weighted by Gasteiger charge is -2.21. The summed E-state index contributed by atoms with van der Waals surface area (Å²) < 4.78 is 0. The Hall–Kier alpha value is -1.42. The van der Waals surface area contributed by atoms with Gasteiger partial charge < -0.3 is 10.6 Å². The zero-order valence-electron chi connectivity index (χ0n) is 8.57. The van der Waals surface area contributed by atoms with Crippen molar-refractivity contribution in [2.75, 3.05) is 18.4 Å².